The first-order chi connectivity index (χ1) is 20.4. The van der Waals surface area contributed by atoms with Gasteiger partial charge in [-0.25, -0.2) is 0 Å². The highest BCUT2D eigenvalue weighted by Gasteiger charge is 2.20. The van der Waals surface area contributed by atoms with Crippen LogP contribution in [-0.2, 0) is 11.3 Å². The van der Waals surface area contributed by atoms with Crippen LogP contribution < -0.4 is 10.2 Å². The van der Waals surface area contributed by atoms with E-state index in [4.69, 9.17) is 0 Å². The van der Waals surface area contributed by atoms with Gasteiger partial charge in [0.05, 0.1) is 17.7 Å². The maximum atomic E-state index is 12.6. The van der Waals surface area contributed by atoms with Crippen LogP contribution in [0.25, 0.3) is 6.08 Å². The number of non-ortho nitro benzene ring substituents is 1. The van der Waals surface area contributed by atoms with Crippen LogP contribution in [-0.4, -0.2) is 69.2 Å². The van der Waals surface area contributed by atoms with E-state index in [0.717, 1.165) is 31.7 Å². The molecule has 0 aliphatic carbocycles. The second kappa shape index (κ2) is 15.6. The number of nitro benzene ring substituents is 1. The molecule has 1 aliphatic rings. The molecule has 11 heteroatoms. The molecule has 1 aliphatic heterocycles. The molecule has 1 N–H and O–H groups in total. The average molecular weight is 574 g/mol. The van der Waals surface area contributed by atoms with Gasteiger partial charge in [-0.3, -0.25) is 29.3 Å². The summed E-state index contributed by atoms with van der Waals surface area (Å²) in [7, 11) is 0. The number of hydrogen-bond acceptors (Lipinski definition) is 8. The fourth-order valence-electron chi connectivity index (χ4n) is 4.88. The zero-order valence-electron chi connectivity index (χ0n) is 24.2. The normalized spacial score (nSPS) is 13.9. The molecule has 2 heterocycles. The Bertz CT molecular complexity index is 1340. The number of unbranched alkanes of at least 4 members (excludes halogenated alkanes) is 5. The van der Waals surface area contributed by atoms with E-state index >= 15 is 0 Å². The lowest BCUT2D eigenvalue weighted by atomic mass is 10.1. The van der Waals surface area contributed by atoms with Crippen molar-refractivity contribution in [1.82, 2.24) is 19.9 Å². The van der Waals surface area contributed by atoms with Crippen LogP contribution in [0.3, 0.4) is 0 Å². The van der Waals surface area contributed by atoms with Gasteiger partial charge >= 0.3 is 0 Å². The number of anilines is 2. The smallest absolute Gasteiger partial charge is 0.269 e. The molecule has 1 fully saturated rings. The maximum Gasteiger partial charge on any atom is 0.269 e. The topological polar surface area (TPSA) is 126 Å². The van der Waals surface area contributed by atoms with Crippen LogP contribution in [0.15, 0.2) is 60.8 Å². The zero-order chi connectivity index (χ0) is 29.7. The van der Waals surface area contributed by atoms with E-state index in [9.17, 15) is 19.7 Å². The zero-order valence-corrected chi connectivity index (χ0v) is 24.2. The molecule has 11 nitrogen and oxygen atoms in total. The predicted molar refractivity (Wildman–Crippen MR) is 164 cm³/mol. The van der Waals surface area contributed by atoms with Crippen LogP contribution in [0.1, 0.15) is 61.5 Å². The maximum absolute atomic E-state index is 12.6. The number of carbonyl (C=O) groups is 2. The van der Waals surface area contributed by atoms with Gasteiger partial charge in [0.15, 0.2) is 5.78 Å². The minimum Gasteiger partial charge on any atom is -0.369 e. The van der Waals surface area contributed by atoms with Crippen LogP contribution in [0.5, 0.6) is 0 Å². The van der Waals surface area contributed by atoms with E-state index in [1.54, 1.807) is 42.5 Å². The van der Waals surface area contributed by atoms with Crippen molar-refractivity contribution in [3.63, 3.8) is 0 Å². The highest BCUT2D eigenvalue weighted by molar-refractivity contribution is 6.07. The molecule has 1 aromatic heterocycles. The Hall–Kier alpha value is -4.38. The molecule has 3 aromatic rings. The first-order valence-electron chi connectivity index (χ1n) is 14.7. The largest absolute Gasteiger partial charge is 0.369 e. The molecule has 0 unspecified atom stereocenters. The highest BCUT2D eigenvalue weighted by Crippen LogP contribution is 2.21. The number of ketones is 1. The van der Waals surface area contributed by atoms with Crippen LogP contribution in [0.2, 0.25) is 0 Å². The van der Waals surface area contributed by atoms with Crippen molar-refractivity contribution >= 4 is 34.8 Å². The van der Waals surface area contributed by atoms with Gasteiger partial charge in [-0.1, -0.05) is 44.2 Å². The minimum atomic E-state index is -0.407. The molecule has 0 bridgehead atoms. The third-order valence-electron chi connectivity index (χ3n) is 7.32. The summed E-state index contributed by atoms with van der Waals surface area (Å²) in [6.07, 6.45) is 12.3. The fraction of sp³-hybridized carbons (Fsp3) is 0.419. The van der Waals surface area contributed by atoms with Crippen LogP contribution in [0.4, 0.5) is 17.1 Å². The Morgan fingerprint density at radius 3 is 2.33 bits per heavy atom. The number of carbonyl (C=O) groups excluding carboxylic acids is 2. The first kappa shape index (κ1) is 30.6. The van der Waals surface area contributed by atoms with Crippen molar-refractivity contribution in [2.45, 2.75) is 52.0 Å². The van der Waals surface area contributed by atoms with E-state index in [2.05, 4.69) is 32.4 Å². The third kappa shape index (κ3) is 9.34. The molecule has 0 saturated carbocycles. The predicted octanol–water partition coefficient (Wildman–Crippen LogP) is 5.20. The van der Waals surface area contributed by atoms with E-state index in [0.29, 0.717) is 30.0 Å². The summed E-state index contributed by atoms with van der Waals surface area (Å²) in [5.74, 6) is -0.272. The standard InChI is InChI=1S/C31H39N7O4/c1-2-3-4-5-6-7-18-37-23-27(33-34-37)12-17-30(39)25-8-10-26(11-9-25)32-31(40)24-35-19-21-36(22-20-35)28-13-15-29(16-14-28)38(41)42/h8-17,23H,2-7,18-22,24H2,1H3,(H,32,40)/b17-12+. The van der Waals surface area contributed by atoms with Crippen molar-refractivity contribution in [1.29, 1.82) is 0 Å². The Morgan fingerprint density at radius 1 is 0.952 bits per heavy atom. The number of nitro groups is 1. The number of piperazine rings is 1. The number of aromatic nitrogens is 3. The molecule has 1 saturated heterocycles. The van der Waals surface area contributed by atoms with Crippen LogP contribution >= 0.6 is 0 Å². The van der Waals surface area contributed by atoms with E-state index in [-0.39, 0.29) is 23.9 Å². The highest BCUT2D eigenvalue weighted by atomic mass is 16.6. The lowest BCUT2D eigenvalue weighted by molar-refractivity contribution is -0.384. The van der Waals surface area contributed by atoms with Crippen molar-refractivity contribution < 1.29 is 14.5 Å². The molecule has 222 valence electrons. The van der Waals surface area contributed by atoms with Crippen LogP contribution in [0, 0.1) is 10.1 Å². The Kier molecular flexibility index (Phi) is 11.3. The summed E-state index contributed by atoms with van der Waals surface area (Å²) in [5.41, 5.74) is 2.80. The van der Waals surface area contributed by atoms with Crippen molar-refractivity contribution in [3.8, 4) is 0 Å². The quantitative estimate of drug-likeness (QED) is 0.0864. The summed E-state index contributed by atoms with van der Waals surface area (Å²) in [4.78, 5) is 39.9. The summed E-state index contributed by atoms with van der Waals surface area (Å²) in [6.45, 7) is 6.17. The van der Waals surface area contributed by atoms with Gasteiger partial charge in [-0.05, 0) is 55.0 Å². The van der Waals surface area contributed by atoms with E-state index in [1.807, 2.05) is 10.9 Å². The average Bonchev–Trinajstić information content (AvgIpc) is 3.46. The van der Waals surface area contributed by atoms with Crippen molar-refractivity contribution in [2.75, 3.05) is 42.9 Å². The summed E-state index contributed by atoms with van der Waals surface area (Å²) >= 11 is 0. The molecule has 1 amide bonds. The van der Waals surface area contributed by atoms with Crippen molar-refractivity contribution in [2.24, 2.45) is 0 Å². The minimum absolute atomic E-state index is 0.0716. The number of rotatable bonds is 15. The molecular weight excluding hydrogens is 534 g/mol. The Labute approximate surface area is 246 Å². The van der Waals surface area contributed by atoms with Gasteiger partial charge in [0.1, 0.15) is 5.69 Å². The van der Waals surface area contributed by atoms with Gasteiger partial charge in [-0.15, -0.1) is 5.10 Å². The van der Waals surface area contributed by atoms with Crippen molar-refractivity contribution in [3.05, 3.63) is 82.2 Å². The number of benzene rings is 2. The van der Waals surface area contributed by atoms with Gasteiger partial charge in [0.25, 0.3) is 5.69 Å². The molecule has 2 aromatic carbocycles. The number of nitrogens with zero attached hydrogens (tertiary/aromatic N) is 6. The number of aryl methyl sites for hydroxylation is 1. The third-order valence-corrected chi connectivity index (χ3v) is 7.32. The summed E-state index contributed by atoms with van der Waals surface area (Å²) < 4.78 is 1.82. The Morgan fingerprint density at radius 2 is 1.64 bits per heavy atom. The van der Waals surface area contributed by atoms with Gasteiger partial charge < -0.3 is 10.2 Å². The van der Waals surface area contributed by atoms with E-state index in [1.165, 1.54) is 50.3 Å². The summed E-state index contributed by atoms with van der Waals surface area (Å²) in [6, 6.07) is 13.4. The molecular formula is C31H39N7O4. The lowest BCUT2D eigenvalue weighted by Gasteiger charge is -2.35. The first-order valence-corrected chi connectivity index (χ1v) is 14.7. The van der Waals surface area contributed by atoms with Gasteiger partial charge in [-0.2, -0.15) is 0 Å². The summed E-state index contributed by atoms with van der Waals surface area (Å²) in [5, 5.41) is 22.0. The molecule has 42 heavy (non-hydrogen) atoms. The number of allylic oxidation sites excluding steroid dienone is 1. The molecule has 0 spiro atoms. The SMILES string of the molecule is CCCCCCCCn1cc(/C=C/C(=O)c2ccc(NC(=O)CN3CCN(c4ccc([N+](=O)[O-])cc4)CC3)cc2)nn1. The lowest BCUT2D eigenvalue weighted by Crippen LogP contribution is -2.48. The number of amides is 1. The monoisotopic (exact) mass is 573 g/mol. The second-order valence-electron chi connectivity index (χ2n) is 10.5. The number of nitrogens with one attached hydrogen (secondary N) is 1. The molecule has 0 radical (unpaired) electrons. The van der Waals surface area contributed by atoms with Gasteiger partial charge in [0.2, 0.25) is 5.91 Å². The fourth-order valence-corrected chi connectivity index (χ4v) is 4.88. The van der Waals surface area contributed by atoms with Gasteiger partial charge in [0, 0.05) is 61.8 Å². The molecule has 4 rings (SSSR count). The Balaban J connectivity index is 1.17. The second-order valence-corrected chi connectivity index (χ2v) is 10.5. The number of hydrogen-bond donors (Lipinski definition) is 1. The molecule has 0 atom stereocenters. The van der Waals surface area contributed by atoms with E-state index < -0.39 is 4.92 Å².